The summed E-state index contributed by atoms with van der Waals surface area (Å²) in [4.78, 5) is 9.13. The van der Waals surface area contributed by atoms with Crippen molar-refractivity contribution >= 4 is 23.0 Å². The first-order valence-electron chi connectivity index (χ1n) is 11.4. The molecule has 0 amide bonds. The van der Waals surface area contributed by atoms with Crippen molar-refractivity contribution in [1.29, 1.82) is 0 Å². The molecule has 1 atom stereocenters. The summed E-state index contributed by atoms with van der Waals surface area (Å²) >= 11 is 0. The van der Waals surface area contributed by atoms with Crippen molar-refractivity contribution in [3.8, 4) is 5.75 Å². The van der Waals surface area contributed by atoms with Crippen LogP contribution >= 0.6 is 0 Å². The molecule has 31 heavy (non-hydrogen) atoms. The molecule has 0 bridgehead atoms. The molecule has 0 radical (unpaired) electrons. The highest BCUT2D eigenvalue weighted by Gasteiger charge is 2.27. The third-order valence-electron chi connectivity index (χ3n) is 6.18. The lowest BCUT2D eigenvalue weighted by atomic mass is 9.83. The number of benzene rings is 1. The van der Waals surface area contributed by atoms with Crippen LogP contribution in [0.2, 0.25) is 0 Å². The molecule has 0 saturated heterocycles. The van der Waals surface area contributed by atoms with Crippen LogP contribution in [0.3, 0.4) is 0 Å². The number of nitrogens with one attached hydrogen (secondary N) is 3. The molecule has 0 fully saturated rings. The van der Waals surface area contributed by atoms with Crippen LogP contribution in [0.15, 0.2) is 24.3 Å². The topological polar surface area (TPSA) is 71.1 Å². The van der Waals surface area contributed by atoms with E-state index in [0.717, 1.165) is 61.8 Å². The summed E-state index contributed by atoms with van der Waals surface area (Å²) in [6.45, 7) is 10.6. The Morgan fingerprint density at radius 2 is 1.97 bits per heavy atom. The van der Waals surface area contributed by atoms with E-state index in [1.165, 1.54) is 16.7 Å². The van der Waals surface area contributed by atoms with Gasteiger partial charge in [-0.25, -0.2) is 4.98 Å². The summed E-state index contributed by atoms with van der Waals surface area (Å²) in [6.07, 6.45) is 6.58. The minimum Gasteiger partial charge on any atom is -0.493 e. The average Bonchev–Trinajstić information content (AvgIpc) is 2.99. The first-order valence-corrected chi connectivity index (χ1v) is 11.4. The third-order valence-corrected chi connectivity index (χ3v) is 6.18. The Morgan fingerprint density at radius 1 is 1.13 bits per heavy atom. The molecule has 6 nitrogen and oxygen atoms in total. The van der Waals surface area contributed by atoms with Crippen LogP contribution in [0.1, 0.15) is 56.9 Å². The SMILES string of the molecule is CNc1cc(C)nc(Nc2cc3c(c(C4=CCNC(C(C)(C)C)CC4)c2)OCCC3)n1. The monoisotopic (exact) mass is 421 g/mol. The van der Waals surface area contributed by atoms with Gasteiger partial charge in [0.15, 0.2) is 0 Å². The van der Waals surface area contributed by atoms with Gasteiger partial charge in [0.1, 0.15) is 11.6 Å². The fraction of sp³-hybridized carbons (Fsp3) is 0.520. The van der Waals surface area contributed by atoms with Gasteiger partial charge < -0.3 is 20.7 Å². The summed E-state index contributed by atoms with van der Waals surface area (Å²) in [6, 6.07) is 6.83. The minimum atomic E-state index is 0.246. The Morgan fingerprint density at radius 3 is 2.74 bits per heavy atom. The Balaban J connectivity index is 1.66. The zero-order valence-electron chi connectivity index (χ0n) is 19.4. The van der Waals surface area contributed by atoms with Gasteiger partial charge in [-0.3, -0.25) is 0 Å². The summed E-state index contributed by atoms with van der Waals surface area (Å²) in [5, 5.41) is 10.3. The van der Waals surface area contributed by atoms with Gasteiger partial charge in [-0.1, -0.05) is 26.8 Å². The number of rotatable bonds is 4. The number of hydrogen-bond donors (Lipinski definition) is 3. The van der Waals surface area contributed by atoms with E-state index in [-0.39, 0.29) is 5.41 Å². The predicted octanol–water partition coefficient (Wildman–Crippen LogP) is 5.08. The lowest BCUT2D eigenvalue weighted by molar-refractivity contribution is 0.266. The van der Waals surface area contributed by atoms with E-state index in [9.17, 15) is 0 Å². The molecule has 0 aliphatic carbocycles. The third kappa shape index (κ3) is 5.01. The van der Waals surface area contributed by atoms with Gasteiger partial charge in [0.05, 0.1) is 6.61 Å². The first-order chi connectivity index (χ1) is 14.8. The zero-order chi connectivity index (χ0) is 22.0. The van der Waals surface area contributed by atoms with Crippen LogP contribution in [0.5, 0.6) is 5.75 Å². The van der Waals surface area contributed by atoms with Crippen LogP contribution in [0.4, 0.5) is 17.5 Å². The van der Waals surface area contributed by atoms with Crippen molar-refractivity contribution < 1.29 is 4.74 Å². The standard InChI is InChI=1S/C25H35N5O/c1-16-13-22(26-5)30-24(28-16)29-19-14-18-7-6-12-31-23(18)20(15-19)17-8-9-21(25(2,3)4)27-11-10-17/h10,13-15,21,27H,6-9,11-12H2,1-5H3,(H2,26,28,29,30). The molecule has 166 valence electrons. The van der Waals surface area contributed by atoms with E-state index in [1.54, 1.807) is 0 Å². The largest absolute Gasteiger partial charge is 0.493 e. The molecule has 0 saturated carbocycles. The molecular formula is C25H35N5O. The van der Waals surface area contributed by atoms with E-state index < -0.39 is 0 Å². The maximum atomic E-state index is 6.17. The molecule has 4 rings (SSSR count). The molecular weight excluding hydrogens is 386 g/mol. The molecule has 2 aliphatic heterocycles. The smallest absolute Gasteiger partial charge is 0.229 e. The van der Waals surface area contributed by atoms with Gasteiger partial charge in [-0.05, 0) is 61.3 Å². The summed E-state index contributed by atoms with van der Waals surface area (Å²) < 4.78 is 6.17. The number of fused-ring (bicyclic) bond motifs is 1. The Hall–Kier alpha value is -2.60. The van der Waals surface area contributed by atoms with Gasteiger partial charge in [0.25, 0.3) is 0 Å². The van der Waals surface area contributed by atoms with Gasteiger partial charge in [-0.15, -0.1) is 0 Å². The molecule has 1 aromatic heterocycles. The van der Waals surface area contributed by atoms with Crippen molar-refractivity contribution in [1.82, 2.24) is 15.3 Å². The van der Waals surface area contributed by atoms with Crippen molar-refractivity contribution in [3.05, 3.63) is 41.1 Å². The number of aromatic nitrogens is 2. The molecule has 3 heterocycles. The van der Waals surface area contributed by atoms with Gasteiger partial charge in [0.2, 0.25) is 5.95 Å². The van der Waals surface area contributed by atoms with E-state index in [4.69, 9.17) is 4.74 Å². The number of aryl methyl sites for hydroxylation is 2. The molecule has 3 N–H and O–H groups in total. The lowest BCUT2D eigenvalue weighted by Crippen LogP contribution is -2.39. The highest BCUT2D eigenvalue weighted by atomic mass is 16.5. The molecule has 2 aliphatic rings. The second-order valence-electron chi connectivity index (χ2n) is 9.65. The van der Waals surface area contributed by atoms with Crippen molar-refractivity contribution in [2.45, 2.75) is 59.4 Å². The van der Waals surface area contributed by atoms with E-state index >= 15 is 0 Å². The minimum absolute atomic E-state index is 0.246. The molecule has 1 unspecified atom stereocenters. The van der Waals surface area contributed by atoms with Crippen molar-refractivity contribution in [3.63, 3.8) is 0 Å². The average molecular weight is 422 g/mol. The van der Waals surface area contributed by atoms with Gasteiger partial charge >= 0.3 is 0 Å². The molecule has 0 spiro atoms. The maximum Gasteiger partial charge on any atom is 0.229 e. The zero-order valence-corrected chi connectivity index (χ0v) is 19.4. The van der Waals surface area contributed by atoms with Crippen LogP contribution in [0.25, 0.3) is 5.57 Å². The predicted molar refractivity (Wildman–Crippen MR) is 128 cm³/mol. The normalized spacial score (nSPS) is 19.0. The summed E-state index contributed by atoms with van der Waals surface area (Å²) in [7, 11) is 1.87. The van der Waals surface area contributed by atoms with Crippen LogP contribution in [-0.4, -0.2) is 36.2 Å². The highest BCUT2D eigenvalue weighted by molar-refractivity contribution is 5.77. The maximum absolute atomic E-state index is 6.17. The second kappa shape index (κ2) is 8.87. The quantitative estimate of drug-likeness (QED) is 0.640. The van der Waals surface area contributed by atoms with Gasteiger partial charge in [0, 0.05) is 42.6 Å². The van der Waals surface area contributed by atoms with Crippen LogP contribution < -0.4 is 20.7 Å². The number of anilines is 3. The molecule has 2 aromatic rings. The second-order valence-corrected chi connectivity index (χ2v) is 9.65. The lowest BCUT2D eigenvalue weighted by Gasteiger charge is -2.30. The van der Waals surface area contributed by atoms with Crippen molar-refractivity contribution in [2.75, 3.05) is 30.8 Å². The number of ether oxygens (including phenoxy) is 1. The summed E-state index contributed by atoms with van der Waals surface area (Å²) in [5.41, 5.74) is 6.01. The Labute approximate surface area is 185 Å². The van der Waals surface area contributed by atoms with Crippen LogP contribution in [-0.2, 0) is 6.42 Å². The van der Waals surface area contributed by atoms with E-state index in [1.807, 2.05) is 20.0 Å². The highest BCUT2D eigenvalue weighted by Crippen LogP contribution is 2.40. The van der Waals surface area contributed by atoms with E-state index in [2.05, 4.69) is 64.9 Å². The van der Waals surface area contributed by atoms with Gasteiger partial charge in [-0.2, -0.15) is 4.98 Å². The first kappa shape index (κ1) is 21.6. The summed E-state index contributed by atoms with van der Waals surface area (Å²) in [5.74, 6) is 2.47. The molecule has 6 heteroatoms. The van der Waals surface area contributed by atoms with E-state index in [0.29, 0.717) is 12.0 Å². The fourth-order valence-electron chi connectivity index (χ4n) is 4.49. The number of hydrogen-bond acceptors (Lipinski definition) is 6. The Kier molecular flexibility index (Phi) is 6.19. The number of allylic oxidation sites excluding steroid dienone is 1. The van der Waals surface area contributed by atoms with Crippen LogP contribution in [0, 0.1) is 12.3 Å². The molecule has 1 aromatic carbocycles. The van der Waals surface area contributed by atoms with Crippen molar-refractivity contribution in [2.24, 2.45) is 5.41 Å². The Bertz CT molecular complexity index is 977. The number of nitrogens with zero attached hydrogens (tertiary/aromatic N) is 2. The fourth-order valence-corrected chi connectivity index (χ4v) is 4.49.